The van der Waals surface area contributed by atoms with Crippen LogP contribution in [0.3, 0.4) is 0 Å². The van der Waals surface area contributed by atoms with Gasteiger partial charge in [0.05, 0.1) is 17.1 Å². The highest BCUT2D eigenvalue weighted by molar-refractivity contribution is 5.84. The van der Waals surface area contributed by atoms with Crippen molar-refractivity contribution in [2.75, 3.05) is 12.4 Å². The fraction of sp³-hybridized carbons (Fsp3) is 0.120. The minimum absolute atomic E-state index is 0.540. The number of nitrogens with one attached hydrogen (secondary N) is 2. The molecule has 0 saturated heterocycles. The smallest absolute Gasteiger partial charge is 0.227 e. The molecule has 158 valence electrons. The Morgan fingerprint density at radius 1 is 0.812 bits per heavy atom. The van der Waals surface area contributed by atoms with Gasteiger partial charge in [0.1, 0.15) is 0 Å². The normalized spacial score (nSPS) is 11.2. The third-order valence-electron chi connectivity index (χ3n) is 5.11. The highest BCUT2D eigenvalue weighted by Gasteiger charge is 2.08. The van der Waals surface area contributed by atoms with Crippen LogP contribution in [0.1, 0.15) is 11.4 Å². The van der Waals surface area contributed by atoms with Gasteiger partial charge in [-0.1, -0.05) is 12.1 Å². The molecular formula is C25H23N7. The first-order valence-corrected chi connectivity index (χ1v) is 10.4. The van der Waals surface area contributed by atoms with E-state index in [0.717, 1.165) is 52.5 Å². The monoisotopic (exact) mass is 421 g/mol. The van der Waals surface area contributed by atoms with Gasteiger partial charge in [-0.05, 0) is 61.6 Å². The van der Waals surface area contributed by atoms with E-state index in [0.29, 0.717) is 5.95 Å². The van der Waals surface area contributed by atoms with Gasteiger partial charge in [-0.25, -0.2) is 9.97 Å². The number of aromatic nitrogens is 5. The predicted molar refractivity (Wildman–Crippen MR) is 126 cm³/mol. The molecule has 5 aromatic rings. The highest BCUT2D eigenvalue weighted by Crippen LogP contribution is 2.23. The lowest BCUT2D eigenvalue weighted by Crippen LogP contribution is -2.18. The van der Waals surface area contributed by atoms with Gasteiger partial charge in [-0.2, -0.15) is 0 Å². The standard InChI is InChI=1S/C25H23N7/c1-32(16-20-6-2-4-11-26-20)17-21-15-18-14-19(8-9-22(18)29-21)30-25-28-13-10-24(31-25)23-7-3-5-12-27-23/h2-15,29H,16-17H2,1H3,(H,28,30,31). The van der Waals surface area contributed by atoms with Gasteiger partial charge in [0.2, 0.25) is 5.95 Å². The van der Waals surface area contributed by atoms with Gasteiger partial charge in [0.15, 0.2) is 0 Å². The van der Waals surface area contributed by atoms with Crippen LogP contribution in [0, 0.1) is 0 Å². The van der Waals surface area contributed by atoms with Crippen LogP contribution < -0.4 is 5.32 Å². The van der Waals surface area contributed by atoms with Gasteiger partial charge < -0.3 is 10.3 Å². The summed E-state index contributed by atoms with van der Waals surface area (Å²) in [5, 5.41) is 4.44. The Morgan fingerprint density at radius 2 is 1.69 bits per heavy atom. The predicted octanol–water partition coefficient (Wildman–Crippen LogP) is 4.79. The SMILES string of the molecule is CN(Cc1ccccn1)Cc1cc2cc(Nc3nccc(-c4ccccn4)n3)ccc2[nH]1. The summed E-state index contributed by atoms with van der Waals surface area (Å²) < 4.78 is 0. The summed E-state index contributed by atoms with van der Waals surface area (Å²) in [4.78, 5) is 23.5. The number of fused-ring (bicyclic) bond motifs is 1. The zero-order valence-corrected chi connectivity index (χ0v) is 17.7. The van der Waals surface area contributed by atoms with Crippen LogP contribution in [0.25, 0.3) is 22.3 Å². The average molecular weight is 422 g/mol. The molecule has 0 spiro atoms. The molecule has 0 atom stereocenters. The van der Waals surface area contributed by atoms with E-state index in [1.54, 1.807) is 12.4 Å². The number of rotatable bonds is 7. The van der Waals surface area contributed by atoms with Crippen LogP contribution in [0.15, 0.2) is 85.3 Å². The molecule has 0 aliphatic heterocycles. The Kier molecular flexibility index (Phi) is 5.55. The van der Waals surface area contributed by atoms with Crippen molar-refractivity contribution < 1.29 is 0 Å². The topological polar surface area (TPSA) is 82.6 Å². The summed E-state index contributed by atoms with van der Waals surface area (Å²) in [6.45, 7) is 1.61. The molecule has 4 heterocycles. The molecule has 0 bridgehead atoms. The zero-order valence-electron chi connectivity index (χ0n) is 17.7. The molecule has 0 aliphatic carbocycles. The Labute approximate surface area is 186 Å². The van der Waals surface area contributed by atoms with Crippen molar-refractivity contribution in [3.8, 4) is 11.4 Å². The number of H-pyrrole nitrogens is 1. The van der Waals surface area contributed by atoms with Crippen LogP contribution in [0.5, 0.6) is 0 Å². The van der Waals surface area contributed by atoms with Crippen LogP contribution >= 0.6 is 0 Å². The van der Waals surface area contributed by atoms with Crippen LogP contribution in [-0.4, -0.2) is 36.9 Å². The molecule has 0 saturated carbocycles. The van der Waals surface area contributed by atoms with Gasteiger partial charge in [0.25, 0.3) is 0 Å². The second-order valence-corrected chi connectivity index (χ2v) is 7.70. The molecule has 5 rings (SSSR count). The summed E-state index contributed by atoms with van der Waals surface area (Å²) in [5.41, 5.74) is 5.85. The van der Waals surface area contributed by atoms with Gasteiger partial charge >= 0.3 is 0 Å². The minimum atomic E-state index is 0.540. The van der Waals surface area contributed by atoms with E-state index in [4.69, 9.17) is 0 Å². The average Bonchev–Trinajstić information content (AvgIpc) is 3.22. The van der Waals surface area contributed by atoms with E-state index in [1.807, 2.05) is 54.7 Å². The molecule has 0 radical (unpaired) electrons. The summed E-state index contributed by atoms with van der Waals surface area (Å²) in [5.74, 6) is 0.540. The Bertz CT molecular complexity index is 1320. The summed E-state index contributed by atoms with van der Waals surface area (Å²) in [7, 11) is 2.10. The van der Waals surface area contributed by atoms with Crippen molar-refractivity contribution in [1.29, 1.82) is 0 Å². The van der Waals surface area contributed by atoms with E-state index >= 15 is 0 Å². The number of hydrogen-bond acceptors (Lipinski definition) is 6. The molecule has 0 unspecified atom stereocenters. The molecule has 1 aromatic carbocycles. The first-order valence-electron chi connectivity index (χ1n) is 10.4. The van der Waals surface area contributed by atoms with Crippen molar-refractivity contribution in [3.63, 3.8) is 0 Å². The zero-order chi connectivity index (χ0) is 21.8. The summed E-state index contributed by atoms with van der Waals surface area (Å²) in [6, 6.07) is 22.0. The Hall–Kier alpha value is -4.10. The second-order valence-electron chi connectivity index (χ2n) is 7.70. The molecule has 0 aliphatic rings. The van der Waals surface area contributed by atoms with E-state index < -0.39 is 0 Å². The quantitative estimate of drug-likeness (QED) is 0.393. The number of benzene rings is 1. The molecular weight excluding hydrogens is 398 g/mol. The van der Waals surface area contributed by atoms with E-state index in [-0.39, 0.29) is 0 Å². The van der Waals surface area contributed by atoms with Crippen molar-refractivity contribution in [1.82, 2.24) is 29.8 Å². The number of nitrogens with zero attached hydrogens (tertiary/aromatic N) is 5. The molecule has 4 aromatic heterocycles. The maximum absolute atomic E-state index is 4.60. The van der Waals surface area contributed by atoms with Crippen LogP contribution in [0.2, 0.25) is 0 Å². The lowest BCUT2D eigenvalue weighted by Gasteiger charge is -2.14. The lowest BCUT2D eigenvalue weighted by atomic mass is 10.2. The van der Waals surface area contributed by atoms with Crippen molar-refractivity contribution in [2.24, 2.45) is 0 Å². The van der Waals surface area contributed by atoms with Gasteiger partial charge in [0, 0.05) is 54.0 Å². The third kappa shape index (κ3) is 4.63. The maximum Gasteiger partial charge on any atom is 0.227 e. The number of hydrogen-bond donors (Lipinski definition) is 2. The minimum Gasteiger partial charge on any atom is -0.357 e. The third-order valence-corrected chi connectivity index (χ3v) is 5.11. The second kappa shape index (κ2) is 8.95. The van der Waals surface area contributed by atoms with Crippen molar-refractivity contribution in [3.05, 3.63) is 96.7 Å². The van der Waals surface area contributed by atoms with Gasteiger partial charge in [-0.15, -0.1) is 0 Å². The number of aromatic amines is 1. The maximum atomic E-state index is 4.60. The lowest BCUT2D eigenvalue weighted by molar-refractivity contribution is 0.312. The number of anilines is 2. The van der Waals surface area contributed by atoms with Gasteiger partial charge in [-0.3, -0.25) is 14.9 Å². The van der Waals surface area contributed by atoms with E-state index in [9.17, 15) is 0 Å². The summed E-state index contributed by atoms with van der Waals surface area (Å²) >= 11 is 0. The fourth-order valence-corrected chi connectivity index (χ4v) is 3.68. The molecule has 0 fully saturated rings. The van der Waals surface area contributed by atoms with E-state index in [1.165, 1.54) is 0 Å². The molecule has 2 N–H and O–H groups in total. The number of pyridine rings is 2. The van der Waals surface area contributed by atoms with Crippen LogP contribution in [0.4, 0.5) is 11.6 Å². The first kappa shape index (κ1) is 19.8. The Morgan fingerprint density at radius 3 is 2.50 bits per heavy atom. The summed E-state index contributed by atoms with van der Waals surface area (Å²) in [6.07, 6.45) is 5.33. The van der Waals surface area contributed by atoms with E-state index in [2.05, 4.69) is 60.4 Å². The van der Waals surface area contributed by atoms with Crippen LogP contribution in [-0.2, 0) is 13.1 Å². The molecule has 7 heteroatoms. The molecule has 0 amide bonds. The fourth-order valence-electron chi connectivity index (χ4n) is 3.68. The Balaban J connectivity index is 1.30. The largest absolute Gasteiger partial charge is 0.357 e. The first-order chi connectivity index (χ1) is 15.7. The van der Waals surface area contributed by atoms with Crippen molar-refractivity contribution in [2.45, 2.75) is 13.1 Å². The molecule has 7 nitrogen and oxygen atoms in total. The van der Waals surface area contributed by atoms with Crippen molar-refractivity contribution >= 4 is 22.5 Å². The molecule has 32 heavy (non-hydrogen) atoms. The highest BCUT2D eigenvalue weighted by atomic mass is 15.1.